The van der Waals surface area contributed by atoms with Gasteiger partial charge in [-0.1, -0.05) is 12.1 Å². The third-order valence-electron chi connectivity index (χ3n) is 2.41. The van der Waals surface area contributed by atoms with Crippen LogP contribution < -0.4 is 0 Å². The topological polar surface area (TPSA) is 73.8 Å². The zero-order valence-electron chi connectivity index (χ0n) is 8.70. The van der Waals surface area contributed by atoms with Crippen LogP contribution in [0.4, 0.5) is 5.69 Å². The van der Waals surface area contributed by atoms with Crippen molar-refractivity contribution in [2.45, 2.75) is 13.5 Å². The fourth-order valence-electron chi connectivity index (χ4n) is 1.53. The quantitative estimate of drug-likeness (QED) is 0.578. The minimum Gasteiger partial charge on any atom is -0.258 e. The van der Waals surface area contributed by atoms with Gasteiger partial charge in [0.1, 0.15) is 12.7 Å². The molecule has 0 saturated carbocycles. The van der Waals surface area contributed by atoms with E-state index in [0.717, 1.165) is 5.56 Å². The lowest BCUT2D eigenvalue weighted by molar-refractivity contribution is -0.385. The molecule has 1 aromatic carbocycles. The number of aromatic nitrogens is 3. The molecule has 0 bridgehead atoms. The Bertz CT molecular complexity index is 508. The van der Waals surface area contributed by atoms with Gasteiger partial charge < -0.3 is 0 Å². The van der Waals surface area contributed by atoms with Gasteiger partial charge >= 0.3 is 0 Å². The van der Waals surface area contributed by atoms with Crippen LogP contribution in [0.5, 0.6) is 0 Å². The molecular formula is C10H10N4O2. The van der Waals surface area contributed by atoms with Crippen molar-refractivity contribution >= 4 is 5.69 Å². The first kappa shape index (κ1) is 10.3. The molecule has 2 aromatic rings. The number of hydrogen-bond donors (Lipinski definition) is 0. The summed E-state index contributed by atoms with van der Waals surface area (Å²) >= 11 is 0. The summed E-state index contributed by atoms with van der Waals surface area (Å²) in [5.41, 5.74) is 1.68. The van der Waals surface area contributed by atoms with Crippen LogP contribution in [0.15, 0.2) is 30.9 Å². The van der Waals surface area contributed by atoms with Crippen molar-refractivity contribution < 1.29 is 4.92 Å². The van der Waals surface area contributed by atoms with Gasteiger partial charge in [0.25, 0.3) is 5.69 Å². The average molecular weight is 218 g/mol. The van der Waals surface area contributed by atoms with Gasteiger partial charge in [-0.2, -0.15) is 5.10 Å². The number of nitro groups is 1. The van der Waals surface area contributed by atoms with Gasteiger partial charge in [-0.3, -0.25) is 10.1 Å². The molecule has 0 amide bonds. The van der Waals surface area contributed by atoms with Crippen LogP contribution in [-0.4, -0.2) is 19.7 Å². The van der Waals surface area contributed by atoms with Crippen LogP contribution in [0, 0.1) is 17.0 Å². The average Bonchev–Trinajstić information content (AvgIpc) is 2.73. The van der Waals surface area contributed by atoms with Crippen molar-refractivity contribution in [2.75, 3.05) is 0 Å². The molecule has 82 valence electrons. The van der Waals surface area contributed by atoms with Gasteiger partial charge in [-0.15, -0.1) is 0 Å². The lowest BCUT2D eigenvalue weighted by Crippen LogP contribution is -2.03. The van der Waals surface area contributed by atoms with Crippen LogP contribution in [0.1, 0.15) is 11.1 Å². The van der Waals surface area contributed by atoms with E-state index in [1.807, 2.05) is 6.07 Å². The SMILES string of the molecule is Cc1c(Cn2cncn2)cccc1[N+](=O)[O-]. The summed E-state index contributed by atoms with van der Waals surface area (Å²) < 4.78 is 1.63. The highest BCUT2D eigenvalue weighted by atomic mass is 16.6. The first-order valence-corrected chi connectivity index (χ1v) is 4.74. The Morgan fingerprint density at radius 1 is 1.50 bits per heavy atom. The molecule has 0 N–H and O–H groups in total. The van der Waals surface area contributed by atoms with E-state index < -0.39 is 0 Å². The lowest BCUT2D eigenvalue weighted by Gasteiger charge is -2.05. The van der Waals surface area contributed by atoms with Gasteiger partial charge in [-0.25, -0.2) is 9.67 Å². The first-order valence-electron chi connectivity index (χ1n) is 4.74. The fraction of sp³-hybridized carbons (Fsp3) is 0.200. The van der Waals surface area contributed by atoms with E-state index in [-0.39, 0.29) is 10.6 Å². The summed E-state index contributed by atoms with van der Waals surface area (Å²) in [6.45, 7) is 2.23. The predicted molar refractivity (Wildman–Crippen MR) is 57.0 cm³/mol. The lowest BCUT2D eigenvalue weighted by atomic mass is 10.1. The van der Waals surface area contributed by atoms with Crippen LogP contribution in [-0.2, 0) is 6.54 Å². The highest BCUT2D eigenvalue weighted by Crippen LogP contribution is 2.21. The molecule has 2 rings (SSSR count). The molecular weight excluding hydrogens is 208 g/mol. The molecule has 1 heterocycles. The Balaban J connectivity index is 2.35. The van der Waals surface area contributed by atoms with Crippen molar-refractivity contribution in [2.24, 2.45) is 0 Å². The number of rotatable bonds is 3. The summed E-state index contributed by atoms with van der Waals surface area (Å²) in [6.07, 6.45) is 3.02. The first-order chi connectivity index (χ1) is 7.68. The Hall–Kier alpha value is -2.24. The molecule has 0 aliphatic rings. The Morgan fingerprint density at radius 3 is 2.94 bits per heavy atom. The van der Waals surface area contributed by atoms with Gasteiger partial charge in [0.15, 0.2) is 0 Å². The van der Waals surface area contributed by atoms with Gasteiger partial charge in [0, 0.05) is 11.6 Å². The highest BCUT2D eigenvalue weighted by Gasteiger charge is 2.13. The molecule has 0 aliphatic heterocycles. The predicted octanol–water partition coefficient (Wildman–Crippen LogP) is 1.54. The van der Waals surface area contributed by atoms with Crippen LogP contribution >= 0.6 is 0 Å². The summed E-state index contributed by atoms with van der Waals surface area (Å²) in [4.78, 5) is 14.2. The van der Waals surface area contributed by atoms with Crippen molar-refractivity contribution in [1.29, 1.82) is 0 Å². The molecule has 0 unspecified atom stereocenters. The Morgan fingerprint density at radius 2 is 2.31 bits per heavy atom. The van der Waals surface area contributed by atoms with Crippen molar-refractivity contribution in [3.05, 3.63) is 52.1 Å². The van der Waals surface area contributed by atoms with Crippen LogP contribution in [0.25, 0.3) is 0 Å². The number of nitrogens with zero attached hydrogens (tertiary/aromatic N) is 4. The maximum Gasteiger partial charge on any atom is 0.272 e. The summed E-state index contributed by atoms with van der Waals surface area (Å²) in [5.74, 6) is 0. The van der Waals surface area contributed by atoms with Crippen molar-refractivity contribution in [1.82, 2.24) is 14.8 Å². The maximum atomic E-state index is 10.7. The molecule has 16 heavy (non-hydrogen) atoms. The van der Waals surface area contributed by atoms with E-state index in [4.69, 9.17) is 0 Å². The van der Waals surface area contributed by atoms with Crippen LogP contribution in [0.2, 0.25) is 0 Å². The molecule has 0 atom stereocenters. The minimum absolute atomic E-state index is 0.137. The molecule has 6 nitrogen and oxygen atoms in total. The van der Waals surface area contributed by atoms with Crippen molar-refractivity contribution in [3.63, 3.8) is 0 Å². The smallest absolute Gasteiger partial charge is 0.258 e. The van der Waals surface area contributed by atoms with E-state index >= 15 is 0 Å². The zero-order valence-corrected chi connectivity index (χ0v) is 8.70. The molecule has 6 heteroatoms. The normalized spacial score (nSPS) is 10.3. The van der Waals surface area contributed by atoms with E-state index in [9.17, 15) is 10.1 Å². The highest BCUT2D eigenvalue weighted by molar-refractivity contribution is 5.44. The standard InChI is InChI=1S/C10H10N4O2/c1-8-9(5-13-7-11-6-12-13)3-2-4-10(8)14(15)16/h2-4,6-7H,5H2,1H3. The third-order valence-corrected chi connectivity index (χ3v) is 2.41. The third kappa shape index (κ3) is 1.90. The molecule has 1 aromatic heterocycles. The molecule has 0 aliphatic carbocycles. The van der Waals surface area contributed by atoms with E-state index in [1.54, 1.807) is 24.0 Å². The second-order valence-electron chi connectivity index (χ2n) is 3.41. The summed E-state index contributed by atoms with van der Waals surface area (Å²) in [5, 5.41) is 14.7. The number of nitro benzene ring substituents is 1. The summed E-state index contributed by atoms with van der Waals surface area (Å²) in [7, 11) is 0. The maximum absolute atomic E-state index is 10.7. The minimum atomic E-state index is -0.375. The number of hydrogen-bond acceptors (Lipinski definition) is 4. The van der Waals surface area contributed by atoms with E-state index in [0.29, 0.717) is 12.1 Å². The van der Waals surface area contributed by atoms with Crippen molar-refractivity contribution in [3.8, 4) is 0 Å². The number of benzene rings is 1. The van der Waals surface area contributed by atoms with Crippen LogP contribution in [0.3, 0.4) is 0 Å². The monoisotopic (exact) mass is 218 g/mol. The molecule has 0 radical (unpaired) electrons. The second-order valence-corrected chi connectivity index (χ2v) is 3.41. The van der Waals surface area contributed by atoms with E-state index in [1.165, 1.54) is 12.4 Å². The molecule has 0 saturated heterocycles. The largest absolute Gasteiger partial charge is 0.272 e. The van der Waals surface area contributed by atoms with Gasteiger partial charge in [0.05, 0.1) is 11.5 Å². The van der Waals surface area contributed by atoms with E-state index in [2.05, 4.69) is 10.1 Å². The van der Waals surface area contributed by atoms with Gasteiger partial charge in [0.2, 0.25) is 0 Å². The Labute approximate surface area is 91.7 Å². The molecule has 0 spiro atoms. The second kappa shape index (κ2) is 4.09. The fourth-order valence-corrected chi connectivity index (χ4v) is 1.53. The summed E-state index contributed by atoms with van der Waals surface area (Å²) in [6, 6.07) is 5.03. The Kier molecular flexibility index (Phi) is 2.63. The van der Waals surface area contributed by atoms with Gasteiger partial charge in [-0.05, 0) is 12.5 Å². The zero-order chi connectivity index (χ0) is 11.5. The molecule has 0 fully saturated rings.